The molecule has 3 N–H and O–H groups in total. The fourth-order valence-corrected chi connectivity index (χ4v) is 4.38. The summed E-state index contributed by atoms with van der Waals surface area (Å²) in [4.78, 5) is 35.8. The Hall–Kier alpha value is -3.39. The number of benzene rings is 2. The van der Waals surface area contributed by atoms with Gasteiger partial charge < -0.3 is 25.2 Å². The second-order valence-electron chi connectivity index (χ2n) is 8.12. The van der Waals surface area contributed by atoms with E-state index in [-0.39, 0.29) is 25.0 Å². The summed E-state index contributed by atoms with van der Waals surface area (Å²) in [6, 6.07) is 15.3. The maximum absolute atomic E-state index is 12.3. The number of hydrogen-bond acceptors (Lipinski definition) is 5. The van der Waals surface area contributed by atoms with Gasteiger partial charge in [-0.05, 0) is 35.6 Å². The van der Waals surface area contributed by atoms with E-state index < -0.39 is 30.1 Å². The minimum atomic E-state index is -1.04. The second kappa shape index (κ2) is 9.40. The molecule has 0 spiro atoms. The van der Waals surface area contributed by atoms with Crippen molar-refractivity contribution < 1.29 is 29.0 Å². The van der Waals surface area contributed by atoms with Gasteiger partial charge in [-0.25, -0.2) is 9.59 Å². The third-order valence-electron chi connectivity index (χ3n) is 6.07. The van der Waals surface area contributed by atoms with Crippen LogP contribution in [-0.2, 0) is 19.1 Å². The molecule has 2 aliphatic rings. The highest BCUT2D eigenvalue weighted by Gasteiger charge is 2.34. The maximum atomic E-state index is 12.3. The molecule has 2 amide bonds. The molecule has 8 nitrogen and oxygen atoms in total. The van der Waals surface area contributed by atoms with Gasteiger partial charge in [0.2, 0.25) is 5.91 Å². The molecule has 1 fully saturated rings. The van der Waals surface area contributed by atoms with Crippen molar-refractivity contribution in [2.45, 2.75) is 31.4 Å². The maximum Gasteiger partial charge on any atom is 0.407 e. The quantitative estimate of drug-likeness (QED) is 0.612. The Morgan fingerprint density at radius 2 is 1.72 bits per heavy atom. The molecule has 0 aromatic heterocycles. The first kappa shape index (κ1) is 21.8. The lowest BCUT2D eigenvalue weighted by atomic mass is 9.98. The summed E-state index contributed by atoms with van der Waals surface area (Å²) in [7, 11) is 0. The van der Waals surface area contributed by atoms with Gasteiger partial charge >= 0.3 is 12.1 Å². The summed E-state index contributed by atoms with van der Waals surface area (Å²) in [6.45, 7) is 2.24. The molecule has 3 atom stereocenters. The number of nitrogens with one attached hydrogen (secondary N) is 2. The number of ether oxygens (including phenoxy) is 2. The Morgan fingerprint density at radius 3 is 2.34 bits per heavy atom. The number of fused-ring (bicyclic) bond motifs is 3. The molecule has 0 bridgehead atoms. The van der Waals surface area contributed by atoms with Crippen LogP contribution in [0.5, 0.6) is 0 Å². The molecular weight excluding hydrogens is 412 g/mol. The molecule has 168 valence electrons. The molecule has 1 heterocycles. The van der Waals surface area contributed by atoms with Crippen molar-refractivity contribution in [2.75, 3.05) is 19.8 Å². The van der Waals surface area contributed by atoms with Crippen LogP contribution in [-0.4, -0.2) is 55.0 Å². The number of carbonyl (C=O) groups is 3. The van der Waals surface area contributed by atoms with Gasteiger partial charge in [0.05, 0.1) is 0 Å². The number of carbonyl (C=O) groups excluding carboxylic acids is 2. The number of rotatable bonds is 7. The first-order valence-corrected chi connectivity index (χ1v) is 10.7. The van der Waals surface area contributed by atoms with Crippen molar-refractivity contribution in [3.05, 3.63) is 59.7 Å². The number of aliphatic carboxylic acids is 1. The highest BCUT2D eigenvalue weighted by molar-refractivity contribution is 5.85. The summed E-state index contributed by atoms with van der Waals surface area (Å²) in [6.07, 6.45) is -1.03. The highest BCUT2D eigenvalue weighted by Crippen LogP contribution is 2.44. The van der Waals surface area contributed by atoms with Gasteiger partial charge in [0.15, 0.2) is 6.10 Å². The number of alkyl carbamates (subject to hydrolysis) is 1. The standard InChI is InChI=1S/C24H26N2O6/c1-14(22(27)25-12-15-10-11-31-21(15)23(28)29)26-24(30)32-13-20-18-8-4-2-6-16(18)17-7-3-5-9-19(17)20/h2-9,14-15,20-21H,10-13H2,1H3,(H,25,27)(H,26,30)(H,28,29)/t14-,15+,21+/m0/s1. The Balaban J connectivity index is 1.29. The van der Waals surface area contributed by atoms with E-state index >= 15 is 0 Å². The lowest BCUT2D eigenvalue weighted by Crippen LogP contribution is -2.47. The summed E-state index contributed by atoms with van der Waals surface area (Å²) in [5.74, 6) is -1.80. The van der Waals surface area contributed by atoms with Crippen molar-refractivity contribution in [2.24, 2.45) is 5.92 Å². The van der Waals surface area contributed by atoms with E-state index in [1.807, 2.05) is 36.4 Å². The third kappa shape index (κ3) is 4.45. The van der Waals surface area contributed by atoms with Crippen molar-refractivity contribution in [3.8, 4) is 11.1 Å². The summed E-state index contributed by atoms with van der Waals surface area (Å²) in [5, 5.41) is 14.4. The van der Waals surface area contributed by atoms with Gasteiger partial charge in [-0.3, -0.25) is 4.79 Å². The molecule has 1 saturated heterocycles. The molecule has 32 heavy (non-hydrogen) atoms. The first-order chi connectivity index (χ1) is 15.5. The van der Waals surface area contributed by atoms with Crippen molar-refractivity contribution in [1.82, 2.24) is 10.6 Å². The zero-order valence-electron chi connectivity index (χ0n) is 17.7. The summed E-state index contributed by atoms with van der Waals surface area (Å²) < 4.78 is 10.6. The number of carboxylic acid groups (broad SMARTS) is 1. The zero-order chi connectivity index (χ0) is 22.7. The van der Waals surface area contributed by atoms with Gasteiger partial charge in [-0.15, -0.1) is 0 Å². The monoisotopic (exact) mass is 438 g/mol. The van der Waals surface area contributed by atoms with Crippen molar-refractivity contribution >= 4 is 18.0 Å². The average Bonchev–Trinajstić information content (AvgIpc) is 3.39. The normalized spacial score (nSPS) is 20.2. The third-order valence-corrected chi connectivity index (χ3v) is 6.07. The van der Waals surface area contributed by atoms with Crippen LogP contribution in [0.25, 0.3) is 11.1 Å². The number of amides is 2. The predicted molar refractivity (Wildman–Crippen MR) is 116 cm³/mol. The molecule has 8 heteroatoms. The molecular formula is C24H26N2O6. The van der Waals surface area contributed by atoms with Crippen LogP contribution >= 0.6 is 0 Å². The SMILES string of the molecule is C[C@H](NC(=O)OCC1c2ccccc2-c2ccccc21)C(=O)NC[C@H]1CCO[C@H]1C(=O)O. The van der Waals surface area contributed by atoms with Gasteiger partial charge in [0, 0.05) is 25.0 Å². The fourth-order valence-electron chi connectivity index (χ4n) is 4.38. The van der Waals surface area contributed by atoms with Gasteiger partial charge in [-0.2, -0.15) is 0 Å². The lowest BCUT2D eigenvalue weighted by molar-refractivity contribution is -0.149. The molecule has 1 aliphatic heterocycles. The number of hydrogen-bond donors (Lipinski definition) is 3. The van der Waals surface area contributed by atoms with E-state index in [1.165, 1.54) is 0 Å². The Bertz CT molecular complexity index is 978. The van der Waals surface area contributed by atoms with Gasteiger partial charge in [0.1, 0.15) is 12.6 Å². The van der Waals surface area contributed by atoms with E-state index in [0.717, 1.165) is 22.3 Å². The Morgan fingerprint density at radius 1 is 1.09 bits per heavy atom. The molecule has 4 rings (SSSR count). The van der Waals surface area contributed by atoms with Crippen LogP contribution in [0.2, 0.25) is 0 Å². The van der Waals surface area contributed by atoms with Crippen LogP contribution in [0.4, 0.5) is 4.79 Å². The summed E-state index contributed by atoms with van der Waals surface area (Å²) >= 11 is 0. The first-order valence-electron chi connectivity index (χ1n) is 10.7. The molecule has 0 radical (unpaired) electrons. The summed E-state index contributed by atoms with van der Waals surface area (Å²) in [5.41, 5.74) is 4.50. The van der Waals surface area contributed by atoms with Gasteiger partial charge in [-0.1, -0.05) is 48.5 Å². The van der Waals surface area contributed by atoms with Crippen molar-refractivity contribution in [3.63, 3.8) is 0 Å². The van der Waals surface area contributed by atoms with E-state index in [4.69, 9.17) is 14.6 Å². The van der Waals surface area contributed by atoms with Crippen LogP contribution in [0, 0.1) is 5.92 Å². The van der Waals surface area contributed by atoms with Crippen molar-refractivity contribution in [1.29, 1.82) is 0 Å². The minimum Gasteiger partial charge on any atom is -0.479 e. The predicted octanol–water partition coefficient (Wildman–Crippen LogP) is 2.52. The van der Waals surface area contributed by atoms with Gasteiger partial charge in [0.25, 0.3) is 0 Å². The average molecular weight is 438 g/mol. The molecule has 2 aromatic carbocycles. The van der Waals surface area contributed by atoms with Crippen LogP contribution in [0.15, 0.2) is 48.5 Å². The van der Waals surface area contributed by atoms with Crippen LogP contribution in [0.3, 0.4) is 0 Å². The van der Waals surface area contributed by atoms with E-state index in [0.29, 0.717) is 13.0 Å². The molecule has 2 aromatic rings. The van der Waals surface area contributed by atoms with E-state index in [2.05, 4.69) is 22.8 Å². The lowest BCUT2D eigenvalue weighted by Gasteiger charge is -2.19. The number of carboxylic acids is 1. The second-order valence-corrected chi connectivity index (χ2v) is 8.12. The molecule has 0 unspecified atom stereocenters. The largest absolute Gasteiger partial charge is 0.479 e. The van der Waals surface area contributed by atoms with Crippen LogP contribution in [0.1, 0.15) is 30.4 Å². The zero-order valence-corrected chi connectivity index (χ0v) is 17.7. The molecule has 0 saturated carbocycles. The van der Waals surface area contributed by atoms with E-state index in [1.54, 1.807) is 6.92 Å². The topological polar surface area (TPSA) is 114 Å². The smallest absolute Gasteiger partial charge is 0.407 e. The van der Waals surface area contributed by atoms with Crippen LogP contribution < -0.4 is 10.6 Å². The highest BCUT2D eigenvalue weighted by atomic mass is 16.5. The fraction of sp³-hybridized carbons (Fsp3) is 0.375. The Labute approximate surface area is 185 Å². The molecule has 1 aliphatic carbocycles. The van der Waals surface area contributed by atoms with E-state index in [9.17, 15) is 14.4 Å². The minimum absolute atomic E-state index is 0.0624. The Kier molecular flexibility index (Phi) is 6.41.